The molecule has 4 nitrogen and oxygen atoms in total. The van der Waals surface area contributed by atoms with E-state index in [1.54, 1.807) is 0 Å². The summed E-state index contributed by atoms with van der Waals surface area (Å²) in [5.41, 5.74) is 7.35. The van der Waals surface area contributed by atoms with E-state index in [4.69, 9.17) is 10.5 Å². The lowest BCUT2D eigenvalue weighted by atomic mass is 9.99. The second-order valence-electron chi connectivity index (χ2n) is 5.70. The van der Waals surface area contributed by atoms with E-state index in [0.29, 0.717) is 12.1 Å². The van der Waals surface area contributed by atoms with Gasteiger partial charge in [-0.25, -0.2) is 0 Å². The average Bonchev–Trinajstić information content (AvgIpc) is 2.89. The van der Waals surface area contributed by atoms with Crippen molar-refractivity contribution in [1.29, 1.82) is 0 Å². The Kier molecular flexibility index (Phi) is 3.82. The Morgan fingerprint density at radius 2 is 2.32 bits per heavy atom. The zero-order valence-electron chi connectivity index (χ0n) is 11.5. The maximum absolute atomic E-state index is 6.26. The Balaban J connectivity index is 1.87. The highest BCUT2D eigenvalue weighted by Crippen LogP contribution is 2.35. The van der Waals surface area contributed by atoms with Gasteiger partial charge in [0.05, 0.1) is 24.4 Å². The van der Waals surface area contributed by atoms with Gasteiger partial charge in [-0.3, -0.25) is 9.88 Å². The van der Waals surface area contributed by atoms with Crippen molar-refractivity contribution in [2.45, 2.75) is 50.4 Å². The molecule has 2 heterocycles. The number of morpholine rings is 1. The minimum Gasteiger partial charge on any atom is -0.375 e. The number of nitrogens with two attached hydrogens (primary N) is 1. The first kappa shape index (κ1) is 13.0. The summed E-state index contributed by atoms with van der Waals surface area (Å²) in [6, 6.07) is 6.90. The quantitative estimate of drug-likeness (QED) is 0.900. The lowest BCUT2D eigenvalue weighted by Gasteiger charge is -2.43. The lowest BCUT2D eigenvalue weighted by molar-refractivity contribution is -0.0759. The fourth-order valence-electron chi connectivity index (χ4n) is 3.59. The van der Waals surface area contributed by atoms with E-state index in [0.717, 1.165) is 18.8 Å². The van der Waals surface area contributed by atoms with Crippen LogP contribution in [-0.4, -0.2) is 41.2 Å². The predicted octanol–water partition coefficient (Wildman–Crippen LogP) is 1.72. The third-order valence-corrected chi connectivity index (χ3v) is 4.37. The minimum absolute atomic E-state index is 0.0780. The number of hydrogen-bond donors (Lipinski definition) is 1. The maximum Gasteiger partial charge on any atom is 0.0731 e. The molecule has 3 rings (SSSR count). The standard InChI is InChI=1S/C15H23N3O/c1-11(16)15(12-5-2-3-8-17-12)18-9-10-19-14-7-4-6-13(14)18/h2-3,5,8,11,13-15H,4,6-7,9-10,16H2,1H3. The summed E-state index contributed by atoms with van der Waals surface area (Å²) in [5, 5.41) is 0. The van der Waals surface area contributed by atoms with Crippen molar-refractivity contribution in [3.63, 3.8) is 0 Å². The molecule has 1 saturated carbocycles. The molecule has 4 unspecified atom stereocenters. The topological polar surface area (TPSA) is 51.4 Å². The number of nitrogens with zero attached hydrogens (tertiary/aromatic N) is 2. The van der Waals surface area contributed by atoms with Gasteiger partial charge in [0.25, 0.3) is 0 Å². The average molecular weight is 261 g/mol. The highest BCUT2D eigenvalue weighted by atomic mass is 16.5. The van der Waals surface area contributed by atoms with Crippen LogP contribution in [0.3, 0.4) is 0 Å². The molecular weight excluding hydrogens is 238 g/mol. The molecule has 4 heteroatoms. The molecule has 1 aliphatic carbocycles. The zero-order valence-corrected chi connectivity index (χ0v) is 11.5. The molecule has 2 N–H and O–H groups in total. The number of pyridine rings is 1. The van der Waals surface area contributed by atoms with Crippen molar-refractivity contribution in [2.24, 2.45) is 5.73 Å². The Bertz CT molecular complexity index is 409. The summed E-state index contributed by atoms with van der Waals surface area (Å²) in [4.78, 5) is 7.06. The summed E-state index contributed by atoms with van der Waals surface area (Å²) >= 11 is 0. The van der Waals surface area contributed by atoms with Gasteiger partial charge >= 0.3 is 0 Å². The maximum atomic E-state index is 6.26. The van der Waals surface area contributed by atoms with E-state index in [1.807, 2.05) is 18.3 Å². The molecule has 0 bridgehead atoms. The molecule has 0 amide bonds. The van der Waals surface area contributed by atoms with Gasteiger partial charge in [0.15, 0.2) is 0 Å². The van der Waals surface area contributed by atoms with Crippen molar-refractivity contribution >= 4 is 0 Å². The fourth-order valence-corrected chi connectivity index (χ4v) is 3.59. The molecule has 0 radical (unpaired) electrons. The summed E-state index contributed by atoms with van der Waals surface area (Å²) in [5.74, 6) is 0. The van der Waals surface area contributed by atoms with Crippen molar-refractivity contribution < 1.29 is 4.74 Å². The first-order valence-electron chi connectivity index (χ1n) is 7.31. The predicted molar refractivity (Wildman–Crippen MR) is 74.7 cm³/mol. The monoisotopic (exact) mass is 261 g/mol. The van der Waals surface area contributed by atoms with Crippen LogP contribution in [0.2, 0.25) is 0 Å². The third kappa shape index (κ3) is 2.53. The van der Waals surface area contributed by atoms with E-state index in [9.17, 15) is 0 Å². The SMILES string of the molecule is CC(N)C(c1ccccn1)N1CCOC2CCCC21. The smallest absolute Gasteiger partial charge is 0.0731 e. The Morgan fingerprint density at radius 1 is 1.42 bits per heavy atom. The number of hydrogen-bond acceptors (Lipinski definition) is 4. The first-order chi connectivity index (χ1) is 9.27. The number of ether oxygens (including phenoxy) is 1. The van der Waals surface area contributed by atoms with Crippen LogP contribution in [0.4, 0.5) is 0 Å². The van der Waals surface area contributed by atoms with Crippen molar-refractivity contribution in [1.82, 2.24) is 9.88 Å². The molecule has 1 aromatic rings. The second kappa shape index (κ2) is 5.57. The van der Waals surface area contributed by atoms with Crippen LogP contribution in [0.1, 0.15) is 37.9 Å². The van der Waals surface area contributed by atoms with Gasteiger partial charge in [-0.1, -0.05) is 6.07 Å². The Hall–Kier alpha value is -0.970. The van der Waals surface area contributed by atoms with E-state index >= 15 is 0 Å². The molecule has 19 heavy (non-hydrogen) atoms. The van der Waals surface area contributed by atoms with Crippen LogP contribution in [-0.2, 0) is 4.74 Å². The van der Waals surface area contributed by atoms with Gasteiger partial charge in [-0.15, -0.1) is 0 Å². The zero-order chi connectivity index (χ0) is 13.2. The molecule has 2 aliphatic rings. The lowest BCUT2D eigenvalue weighted by Crippen LogP contribution is -2.53. The molecule has 104 valence electrons. The van der Waals surface area contributed by atoms with E-state index < -0.39 is 0 Å². The molecule has 1 aromatic heterocycles. The molecule has 1 saturated heterocycles. The minimum atomic E-state index is 0.0780. The highest BCUT2D eigenvalue weighted by Gasteiger charge is 2.40. The fraction of sp³-hybridized carbons (Fsp3) is 0.667. The van der Waals surface area contributed by atoms with Crippen molar-refractivity contribution in [3.8, 4) is 0 Å². The van der Waals surface area contributed by atoms with Gasteiger partial charge in [0.2, 0.25) is 0 Å². The first-order valence-corrected chi connectivity index (χ1v) is 7.31. The molecule has 2 fully saturated rings. The largest absolute Gasteiger partial charge is 0.375 e. The summed E-state index contributed by atoms with van der Waals surface area (Å²) < 4.78 is 5.89. The molecule has 4 atom stereocenters. The summed E-state index contributed by atoms with van der Waals surface area (Å²) in [6.45, 7) is 3.86. The van der Waals surface area contributed by atoms with Gasteiger partial charge in [-0.2, -0.15) is 0 Å². The summed E-state index contributed by atoms with van der Waals surface area (Å²) in [6.07, 6.45) is 5.94. The highest BCUT2D eigenvalue weighted by molar-refractivity contribution is 5.12. The van der Waals surface area contributed by atoms with Gasteiger partial charge in [0, 0.05) is 24.8 Å². The van der Waals surface area contributed by atoms with Gasteiger partial charge in [-0.05, 0) is 38.3 Å². The van der Waals surface area contributed by atoms with Crippen molar-refractivity contribution in [2.75, 3.05) is 13.2 Å². The Morgan fingerprint density at radius 3 is 3.05 bits per heavy atom. The van der Waals surface area contributed by atoms with Crippen LogP contribution in [0.25, 0.3) is 0 Å². The van der Waals surface area contributed by atoms with E-state index in [-0.39, 0.29) is 12.1 Å². The second-order valence-corrected chi connectivity index (χ2v) is 5.70. The van der Waals surface area contributed by atoms with Crippen LogP contribution in [0.15, 0.2) is 24.4 Å². The number of aromatic nitrogens is 1. The van der Waals surface area contributed by atoms with Crippen LogP contribution in [0, 0.1) is 0 Å². The van der Waals surface area contributed by atoms with E-state index in [2.05, 4.69) is 22.9 Å². The Labute approximate surface area is 115 Å². The van der Waals surface area contributed by atoms with Gasteiger partial charge in [0.1, 0.15) is 0 Å². The van der Waals surface area contributed by atoms with E-state index in [1.165, 1.54) is 19.3 Å². The number of fused-ring (bicyclic) bond motifs is 1. The molecule has 0 aromatic carbocycles. The van der Waals surface area contributed by atoms with Crippen LogP contribution in [0.5, 0.6) is 0 Å². The normalized spacial score (nSPS) is 30.8. The van der Waals surface area contributed by atoms with Crippen LogP contribution >= 0.6 is 0 Å². The molecular formula is C15H23N3O. The van der Waals surface area contributed by atoms with Gasteiger partial charge < -0.3 is 10.5 Å². The molecule has 1 aliphatic heterocycles. The third-order valence-electron chi connectivity index (χ3n) is 4.37. The molecule has 0 spiro atoms. The van der Waals surface area contributed by atoms with Crippen molar-refractivity contribution in [3.05, 3.63) is 30.1 Å². The van der Waals surface area contributed by atoms with Crippen LogP contribution < -0.4 is 5.73 Å². The summed E-state index contributed by atoms with van der Waals surface area (Å²) in [7, 11) is 0. The number of rotatable bonds is 3.